The van der Waals surface area contributed by atoms with Crippen LogP contribution in [0.4, 0.5) is 10.1 Å². The molecule has 1 amide bonds. The molecule has 1 fully saturated rings. The quantitative estimate of drug-likeness (QED) is 0.694. The number of anilines is 1. The second-order valence-electron chi connectivity index (χ2n) is 4.82. The molecule has 1 N–H and O–H groups in total. The lowest BCUT2D eigenvalue weighted by atomic mass is 10.1. The molecule has 0 saturated carbocycles. The molecule has 0 bridgehead atoms. The van der Waals surface area contributed by atoms with Gasteiger partial charge < -0.3 is 10.1 Å². The van der Waals surface area contributed by atoms with Crippen LogP contribution in [0.3, 0.4) is 0 Å². The van der Waals surface area contributed by atoms with E-state index >= 15 is 0 Å². The Hall–Kier alpha value is -2.73. The first-order chi connectivity index (χ1) is 11.1. The van der Waals surface area contributed by atoms with Crippen LogP contribution in [0.25, 0.3) is 6.08 Å². The molecule has 0 aliphatic carbocycles. The van der Waals surface area contributed by atoms with Gasteiger partial charge >= 0.3 is 0 Å². The molecule has 116 valence electrons. The molecule has 0 aromatic heterocycles. The lowest BCUT2D eigenvalue weighted by Gasteiger charge is -2.17. The average molecular weight is 328 g/mol. The smallest absolute Gasteiger partial charge is 0.281 e. The Morgan fingerprint density at radius 3 is 2.61 bits per heavy atom. The summed E-state index contributed by atoms with van der Waals surface area (Å²) < 4.78 is 19.0. The summed E-state index contributed by atoms with van der Waals surface area (Å²) in [6, 6.07) is 13.3. The van der Waals surface area contributed by atoms with Gasteiger partial charge in [-0.3, -0.25) is 4.79 Å². The van der Waals surface area contributed by atoms with Gasteiger partial charge in [0.2, 0.25) is 0 Å². The zero-order valence-corrected chi connectivity index (χ0v) is 13.1. The number of hydrogen-bond donors (Lipinski definition) is 1. The third kappa shape index (κ3) is 2.80. The van der Waals surface area contributed by atoms with E-state index in [1.807, 2.05) is 0 Å². The fraction of sp³-hybridized carbons (Fsp3) is 0.0588. The molecule has 1 heterocycles. The lowest BCUT2D eigenvalue weighted by molar-refractivity contribution is -0.113. The lowest BCUT2D eigenvalue weighted by Crippen LogP contribution is -2.30. The van der Waals surface area contributed by atoms with E-state index in [0.29, 0.717) is 17.0 Å². The number of carbonyl (C=O) groups excluding carboxylic acids is 1. The molecule has 4 nitrogen and oxygen atoms in total. The number of nitrogens with one attached hydrogen (secondary N) is 1. The normalized spacial score (nSPS) is 15.9. The van der Waals surface area contributed by atoms with Crippen molar-refractivity contribution in [3.63, 3.8) is 0 Å². The second kappa shape index (κ2) is 6.18. The third-order valence-corrected chi connectivity index (χ3v) is 3.69. The summed E-state index contributed by atoms with van der Waals surface area (Å²) >= 11 is 5.24. The van der Waals surface area contributed by atoms with Gasteiger partial charge in [-0.15, -0.1) is 0 Å². The highest BCUT2D eigenvalue weighted by atomic mass is 32.1. The van der Waals surface area contributed by atoms with Crippen LogP contribution in [-0.2, 0) is 4.79 Å². The van der Waals surface area contributed by atoms with E-state index in [0.717, 1.165) is 0 Å². The summed E-state index contributed by atoms with van der Waals surface area (Å²) in [5.41, 5.74) is 1.06. The number of hydrogen-bond acceptors (Lipinski definition) is 3. The summed E-state index contributed by atoms with van der Waals surface area (Å²) in [7, 11) is 1.52. The van der Waals surface area contributed by atoms with E-state index in [1.165, 1.54) is 24.2 Å². The topological polar surface area (TPSA) is 41.6 Å². The van der Waals surface area contributed by atoms with E-state index in [4.69, 9.17) is 17.0 Å². The number of benzene rings is 2. The Morgan fingerprint density at radius 1 is 1.17 bits per heavy atom. The van der Waals surface area contributed by atoms with Crippen LogP contribution in [-0.4, -0.2) is 18.1 Å². The molecular formula is C17H13FN2O2S. The van der Waals surface area contributed by atoms with Crippen LogP contribution in [0.15, 0.2) is 54.2 Å². The Labute approximate surface area is 138 Å². The van der Waals surface area contributed by atoms with Gasteiger partial charge in [-0.25, -0.2) is 9.29 Å². The van der Waals surface area contributed by atoms with Gasteiger partial charge in [0.15, 0.2) is 5.11 Å². The van der Waals surface area contributed by atoms with Gasteiger partial charge in [0.05, 0.1) is 12.8 Å². The van der Waals surface area contributed by atoms with Crippen LogP contribution in [0.1, 0.15) is 5.56 Å². The number of rotatable bonds is 3. The largest absolute Gasteiger partial charge is 0.495 e. The second-order valence-corrected chi connectivity index (χ2v) is 5.21. The van der Waals surface area contributed by atoms with Crippen molar-refractivity contribution >= 4 is 35.0 Å². The van der Waals surface area contributed by atoms with Crippen molar-refractivity contribution in [2.75, 3.05) is 12.0 Å². The maximum atomic E-state index is 13.8. The molecular weight excluding hydrogens is 315 g/mol. The van der Waals surface area contributed by atoms with Crippen LogP contribution < -0.4 is 15.0 Å². The standard InChI is InChI=1S/C17H13FN2O2S/c1-22-15-9-5-4-8-14(15)20-16(21)13(19-17(20)23)10-11-6-2-3-7-12(11)18/h2-10H,1H3,(H,19,23)/b13-10-. The van der Waals surface area contributed by atoms with Gasteiger partial charge in [0, 0.05) is 5.56 Å². The monoisotopic (exact) mass is 328 g/mol. The van der Waals surface area contributed by atoms with Crippen molar-refractivity contribution in [3.05, 3.63) is 65.6 Å². The maximum absolute atomic E-state index is 13.8. The van der Waals surface area contributed by atoms with Crippen LogP contribution in [0, 0.1) is 5.82 Å². The number of nitrogens with zero attached hydrogens (tertiary/aromatic N) is 1. The van der Waals surface area contributed by atoms with Gasteiger partial charge in [0.25, 0.3) is 5.91 Å². The van der Waals surface area contributed by atoms with Crippen molar-refractivity contribution in [1.82, 2.24) is 5.32 Å². The van der Waals surface area contributed by atoms with E-state index in [1.54, 1.807) is 42.5 Å². The van der Waals surface area contributed by atoms with Crippen molar-refractivity contribution in [1.29, 1.82) is 0 Å². The first kappa shape index (κ1) is 15.2. The van der Waals surface area contributed by atoms with Gasteiger partial charge in [-0.2, -0.15) is 0 Å². The molecule has 23 heavy (non-hydrogen) atoms. The minimum Gasteiger partial charge on any atom is -0.495 e. The fourth-order valence-electron chi connectivity index (χ4n) is 2.32. The van der Waals surface area contributed by atoms with Crippen LogP contribution in [0.2, 0.25) is 0 Å². The molecule has 6 heteroatoms. The highest BCUT2D eigenvalue weighted by Gasteiger charge is 2.33. The molecule has 2 aromatic rings. The van der Waals surface area contributed by atoms with E-state index in [9.17, 15) is 9.18 Å². The Kier molecular flexibility index (Phi) is 4.08. The van der Waals surface area contributed by atoms with E-state index in [2.05, 4.69) is 5.32 Å². The van der Waals surface area contributed by atoms with Gasteiger partial charge in [0.1, 0.15) is 17.3 Å². The van der Waals surface area contributed by atoms with Crippen molar-refractivity contribution in [2.45, 2.75) is 0 Å². The highest BCUT2D eigenvalue weighted by Crippen LogP contribution is 2.31. The van der Waals surface area contributed by atoms with Crippen LogP contribution in [0.5, 0.6) is 5.75 Å². The average Bonchev–Trinajstić information content (AvgIpc) is 2.83. The molecule has 0 spiro atoms. The molecule has 0 unspecified atom stereocenters. The Morgan fingerprint density at radius 2 is 1.87 bits per heavy atom. The highest BCUT2D eigenvalue weighted by molar-refractivity contribution is 7.80. The summed E-state index contributed by atoms with van der Waals surface area (Å²) in [6.07, 6.45) is 1.44. The fourth-order valence-corrected chi connectivity index (χ4v) is 2.61. The number of methoxy groups -OCH3 is 1. The SMILES string of the molecule is COc1ccccc1N1C(=O)/C(=C/c2ccccc2F)NC1=S. The zero-order valence-electron chi connectivity index (χ0n) is 12.2. The van der Waals surface area contributed by atoms with E-state index < -0.39 is 5.82 Å². The first-order valence-electron chi connectivity index (χ1n) is 6.86. The number of carbonyl (C=O) groups is 1. The molecule has 0 radical (unpaired) electrons. The summed E-state index contributed by atoms with van der Waals surface area (Å²) in [4.78, 5) is 14.0. The first-order valence-corrected chi connectivity index (χ1v) is 7.27. The molecule has 2 aromatic carbocycles. The number of thiocarbonyl (C=S) groups is 1. The van der Waals surface area contributed by atoms with E-state index in [-0.39, 0.29) is 16.7 Å². The molecule has 0 atom stereocenters. The predicted octanol–water partition coefficient (Wildman–Crippen LogP) is 3.10. The minimum atomic E-state index is -0.406. The summed E-state index contributed by atoms with van der Waals surface area (Å²) in [6.45, 7) is 0. The zero-order chi connectivity index (χ0) is 16.4. The minimum absolute atomic E-state index is 0.214. The number of para-hydroxylation sites is 2. The Bertz CT molecular complexity index is 820. The molecule has 1 aliphatic rings. The van der Waals surface area contributed by atoms with Gasteiger partial charge in [-0.1, -0.05) is 30.3 Å². The third-order valence-electron chi connectivity index (χ3n) is 3.41. The van der Waals surface area contributed by atoms with Crippen molar-refractivity contribution in [2.24, 2.45) is 0 Å². The van der Waals surface area contributed by atoms with Gasteiger partial charge in [-0.05, 0) is 36.5 Å². The maximum Gasteiger partial charge on any atom is 0.281 e. The van der Waals surface area contributed by atoms with Crippen molar-refractivity contribution in [3.8, 4) is 5.75 Å². The van der Waals surface area contributed by atoms with Crippen LogP contribution >= 0.6 is 12.2 Å². The number of halogens is 1. The Balaban J connectivity index is 1.99. The summed E-state index contributed by atoms with van der Waals surface area (Å²) in [5, 5.41) is 3.05. The molecule has 1 saturated heterocycles. The van der Waals surface area contributed by atoms with Crippen molar-refractivity contribution < 1.29 is 13.9 Å². The predicted molar refractivity (Wildman–Crippen MR) is 90.6 cm³/mol. The number of ether oxygens (including phenoxy) is 1. The molecule has 3 rings (SSSR count). The molecule has 1 aliphatic heterocycles. The number of amides is 1. The summed E-state index contributed by atoms with van der Waals surface area (Å²) in [5.74, 6) is -0.240.